The van der Waals surface area contributed by atoms with Crippen molar-refractivity contribution >= 4 is 12.1 Å². The van der Waals surface area contributed by atoms with E-state index in [4.69, 9.17) is 11.0 Å². The minimum atomic E-state index is -0.569. The number of hydrogen-bond acceptors (Lipinski definition) is 5. The molecule has 3 rings (SSSR count). The van der Waals surface area contributed by atoms with E-state index in [0.29, 0.717) is 24.8 Å². The van der Waals surface area contributed by atoms with Crippen molar-refractivity contribution < 1.29 is 4.79 Å². The van der Waals surface area contributed by atoms with Crippen LogP contribution in [0.1, 0.15) is 31.2 Å². The molecule has 28 heavy (non-hydrogen) atoms. The van der Waals surface area contributed by atoms with Crippen LogP contribution in [0.2, 0.25) is 0 Å². The zero-order valence-electron chi connectivity index (χ0n) is 16.7. The van der Waals surface area contributed by atoms with Crippen molar-refractivity contribution in [1.82, 2.24) is 9.80 Å². The summed E-state index contributed by atoms with van der Waals surface area (Å²) < 4.78 is 0. The fourth-order valence-corrected chi connectivity index (χ4v) is 4.66. The zero-order chi connectivity index (χ0) is 19.9. The summed E-state index contributed by atoms with van der Waals surface area (Å²) in [6.07, 6.45) is 8.32. The molecule has 3 atom stereocenters. The molecule has 2 saturated heterocycles. The normalized spacial score (nSPS) is 25.5. The summed E-state index contributed by atoms with van der Waals surface area (Å²) in [4.78, 5) is 21.1. The molecule has 0 spiro atoms. The Bertz CT molecular complexity index is 705. The first-order valence-corrected chi connectivity index (χ1v) is 10.3. The molecule has 0 bridgehead atoms. The van der Waals surface area contributed by atoms with E-state index < -0.39 is 6.04 Å². The van der Waals surface area contributed by atoms with Crippen LogP contribution in [0.25, 0.3) is 0 Å². The van der Waals surface area contributed by atoms with E-state index in [1.165, 1.54) is 12.8 Å². The van der Waals surface area contributed by atoms with Gasteiger partial charge in [0.1, 0.15) is 0 Å². The highest BCUT2D eigenvalue weighted by molar-refractivity contribution is 5.85. The summed E-state index contributed by atoms with van der Waals surface area (Å²) in [6, 6.07) is 9.17. The number of hydrogen-bond donors (Lipinski definition) is 1. The SMILES string of the molecule is CN1CCC(C2CCN(C(=O)[C@H](N)Cc3ccccc3)C(C=NC#N)C2)CC1. The van der Waals surface area contributed by atoms with Gasteiger partial charge in [0.2, 0.25) is 12.1 Å². The van der Waals surface area contributed by atoms with Gasteiger partial charge in [-0.2, -0.15) is 10.3 Å². The van der Waals surface area contributed by atoms with E-state index in [1.807, 2.05) is 41.4 Å². The molecular weight excluding hydrogens is 350 g/mol. The number of nitriles is 1. The highest BCUT2D eigenvalue weighted by atomic mass is 16.2. The highest BCUT2D eigenvalue weighted by Crippen LogP contribution is 2.34. The molecule has 2 fully saturated rings. The molecule has 0 aliphatic carbocycles. The Morgan fingerprint density at radius 3 is 2.61 bits per heavy atom. The summed E-state index contributed by atoms with van der Waals surface area (Å²) in [5.41, 5.74) is 7.32. The van der Waals surface area contributed by atoms with Gasteiger partial charge in [-0.15, -0.1) is 0 Å². The largest absolute Gasteiger partial charge is 0.333 e. The van der Waals surface area contributed by atoms with Crippen LogP contribution >= 0.6 is 0 Å². The van der Waals surface area contributed by atoms with Crippen molar-refractivity contribution in [3.63, 3.8) is 0 Å². The third-order valence-corrected chi connectivity index (χ3v) is 6.32. The van der Waals surface area contributed by atoms with Gasteiger partial charge < -0.3 is 15.5 Å². The highest BCUT2D eigenvalue weighted by Gasteiger charge is 2.36. The predicted molar refractivity (Wildman–Crippen MR) is 111 cm³/mol. The smallest absolute Gasteiger partial charge is 0.240 e. The van der Waals surface area contributed by atoms with Crippen molar-refractivity contribution in [3.05, 3.63) is 35.9 Å². The van der Waals surface area contributed by atoms with Crippen molar-refractivity contribution in [2.24, 2.45) is 22.6 Å². The first-order chi connectivity index (χ1) is 13.6. The summed E-state index contributed by atoms with van der Waals surface area (Å²) in [6.45, 7) is 2.98. The van der Waals surface area contributed by atoms with Crippen molar-refractivity contribution in [1.29, 1.82) is 5.26 Å². The number of carbonyl (C=O) groups is 1. The number of amides is 1. The molecule has 6 heteroatoms. The van der Waals surface area contributed by atoms with E-state index in [-0.39, 0.29) is 11.9 Å². The van der Waals surface area contributed by atoms with Gasteiger partial charge in [-0.05, 0) is 69.6 Å². The van der Waals surface area contributed by atoms with Crippen LogP contribution in [0.5, 0.6) is 0 Å². The molecule has 6 nitrogen and oxygen atoms in total. The van der Waals surface area contributed by atoms with Gasteiger partial charge in [0.15, 0.2) is 0 Å². The van der Waals surface area contributed by atoms with Crippen LogP contribution in [-0.2, 0) is 11.2 Å². The number of nitrogens with two attached hydrogens (primary N) is 1. The van der Waals surface area contributed by atoms with Crippen LogP contribution in [0.4, 0.5) is 0 Å². The lowest BCUT2D eigenvalue weighted by atomic mass is 9.76. The predicted octanol–water partition coefficient (Wildman–Crippen LogP) is 2.06. The number of benzene rings is 1. The van der Waals surface area contributed by atoms with Gasteiger partial charge >= 0.3 is 0 Å². The number of aliphatic imine (C=N–C) groups is 1. The molecule has 2 N–H and O–H groups in total. The maximum absolute atomic E-state index is 13.1. The molecule has 1 aromatic carbocycles. The van der Waals surface area contributed by atoms with Crippen molar-refractivity contribution in [2.75, 3.05) is 26.7 Å². The molecule has 1 amide bonds. The van der Waals surface area contributed by atoms with Crippen LogP contribution in [0, 0.1) is 23.3 Å². The monoisotopic (exact) mass is 381 g/mol. The molecule has 0 saturated carbocycles. The van der Waals surface area contributed by atoms with Gasteiger partial charge in [0.25, 0.3) is 0 Å². The minimum Gasteiger partial charge on any atom is -0.333 e. The first kappa shape index (κ1) is 20.5. The molecule has 2 aliphatic heterocycles. The van der Waals surface area contributed by atoms with Gasteiger partial charge in [0, 0.05) is 12.8 Å². The quantitative estimate of drug-likeness (QED) is 0.625. The summed E-state index contributed by atoms with van der Waals surface area (Å²) in [7, 11) is 2.17. The van der Waals surface area contributed by atoms with E-state index in [0.717, 1.165) is 31.5 Å². The Labute approximate surface area is 168 Å². The second-order valence-corrected chi connectivity index (χ2v) is 8.20. The average Bonchev–Trinajstić information content (AvgIpc) is 2.73. The van der Waals surface area contributed by atoms with E-state index in [9.17, 15) is 4.79 Å². The van der Waals surface area contributed by atoms with Crippen molar-refractivity contribution in [3.8, 4) is 6.19 Å². The summed E-state index contributed by atoms with van der Waals surface area (Å²) in [5.74, 6) is 1.24. The summed E-state index contributed by atoms with van der Waals surface area (Å²) >= 11 is 0. The molecule has 0 aromatic heterocycles. The Morgan fingerprint density at radius 2 is 1.93 bits per heavy atom. The van der Waals surface area contributed by atoms with Crippen LogP contribution in [-0.4, -0.2) is 60.7 Å². The average molecular weight is 382 g/mol. The van der Waals surface area contributed by atoms with Gasteiger partial charge in [-0.1, -0.05) is 30.3 Å². The van der Waals surface area contributed by atoms with Gasteiger partial charge in [-0.3, -0.25) is 4.79 Å². The number of carbonyl (C=O) groups excluding carboxylic acids is 1. The molecule has 0 radical (unpaired) electrons. The molecule has 2 heterocycles. The Morgan fingerprint density at radius 1 is 1.25 bits per heavy atom. The fourth-order valence-electron chi connectivity index (χ4n) is 4.66. The zero-order valence-corrected chi connectivity index (χ0v) is 16.7. The van der Waals surface area contributed by atoms with Gasteiger partial charge in [0.05, 0.1) is 12.1 Å². The Kier molecular flexibility index (Phi) is 7.18. The van der Waals surface area contributed by atoms with Crippen LogP contribution < -0.4 is 5.73 Å². The maximum atomic E-state index is 13.1. The summed E-state index contributed by atoms with van der Waals surface area (Å²) in [5, 5.41) is 8.89. The van der Waals surface area contributed by atoms with E-state index in [2.05, 4.69) is 16.9 Å². The van der Waals surface area contributed by atoms with Crippen molar-refractivity contribution in [2.45, 2.75) is 44.2 Å². The number of nitrogens with zero attached hydrogens (tertiary/aromatic N) is 4. The lowest BCUT2D eigenvalue weighted by Crippen LogP contribution is -2.54. The molecule has 2 unspecified atom stereocenters. The number of rotatable bonds is 5. The molecule has 1 aromatic rings. The van der Waals surface area contributed by atoms with E-state index in [1.54, 1.807) is 6.21 Å². The number of likely N-dealkylation sites (tertiary alicyclic amines) is 2. The fraction of sp³-hybridized carbons (Fsp3) is 0.591. The molecular formula is C22H31N5O. The maximum Gasteiger partial charge on any atom is 0.240 e. The lowest BCUT2D eigenvalue weighted by Gasteiger charge is -2.43. The van der Waals surface area contributed by atoms with Crippen LogP contribution in [0.3, 0.4) is 0 Å². The Hall–Kier alpha value is -2.23. The first-order valence-electron chi connectivity index (χ1n) is 10.3. The Balaban J connectivity index is 1.65. The van der Waals surface area contributed by atoms with E-state index >= 15 is 0 Å². The second-order valence-electron chi connectivity index (χ2n) is 8.20. The number of piperidine rings is 2. The molecule has 150 valence electrons. The molecule has 2 aliphatic rings. The standard InChI is InChI=1S/C22H31N5O/c1-26-10-7-18(8-11-26)19-9-12-27(20(14-19)15-25-16-23)22(28)21(24)13-17-5-3-2-4-6-17/h2-6,15,18-21H,7-14,24H2,1H3/t19?,20?,21-/m1/s1. The minimum absolute atomic E-state index is 0.0416. The third kappa shape index (κ3) is 5.18. The third-order valence-electron chi connectivity index (χ3n) is 6.32. The topological polar surface area (TPSA) is 85.7 Å². The van der Waals surface area contributed by atoms with Crippen LogP contribution in [0.15, 0.2) is 35.3 Å². The lowest BCUT2D eigenvalue weighted by molar-refractivity contribution is -0.135. The second kappa shape index (κ2) is 9.81. The van der Waals surface area contributed by atoms with Gasteiger partial charge in [-0.25, -0.2) is 0 Å².